The van der Waals surface area contributed by atoms with Crippen LogP contribution in [0.25, 0.3) is 0 Å². The van der Waals surface area contributed by atoms with Gasteiger partial charge < -0.3 is 5.11 Å². The van der Waals surface area contributed by atoms with E-state index >= 15 is 0 Å². The van der Waals surface area contributed by atoms with Crippen LogP contribution in [0.4, 0.5) is 0 Å². The SMILES string of the molecule is CC/C=C\C1(/C=C\CCC(=O)O)C=CC/C=C\C/C=C\C/C=C\1. The van der Waals surface area contributed by atoms with E-state index in [1.54, 1.807) is 0 Å². The number of hydrogen-bond acceptors (Lipinski definition) is 1. The fraction of sp³-hybridized carbons (Fsp3) is 0.381. The minimum absolute atomic E-state index is 0.170. The lowest BCUT2D eigenvalue weighted by molar-refractivity contribution is -0.136. The molecular weight excluding hydrogens is 284 g/mol. The van der Waals surface area contributed by atoms with Crippen molar-refractivity contribution in [2.45, 2.75) is 45.4 Å². The Bertz CT molecular complexity index is 492. The van der Waals surface area contributed by atoms with Gasteiger partial charge in [0.05, 0.1) is 0 Å². The highest BCUT2D eigenvalue weighted by Gasteiger charge is 2.15. The van der Waals surface area contributed by atoms with Crippen molar-refractivity contribution in [1.29, 1.82) is 0 Å². The lowest BCUT2D eigenvalue weighted by Crippen LogP contribution is -2.08. The quantitative estimate of drug-likeness (QED) is 0.632. The smallest absolute Gasteiger partial charge is 0.303 e. The molecule has 0 heterocycles. The molecule has 0 spiro atoms. The molecular formula is C21H28O2. The van der Waals surface area contributed by atoms with Crippen LogP contribution in [0.3, 0.4) is 0 Å². The van der Waals surface area contributed by atoms with Gasteiger partial charge in [0.2, 0.25) is 0 Å². The molecule has 0 fully saturated rings. The summed E-state index contributed by atoms with van der Waals surface area (Å²) in [6.45, 7) is 2.12. The second-order valence-electron chi connectivity index (χ2n) is 5.60. The maximum absolute atomic E-state index is 10.7. The predicted molar refractivity (Wildman–Crippen MR) is 98.3 cm³/mol. The summed E-state index contributed by atoms with van der Waals surface area (Å²) in [5, 5.41) is 8.77. The van der Waals surface area contributed by atoms with Gasteiger partial charge in [-0.2, -0.15) is 0 Å². The molecule has 0 aliphatic heterocycles. The van der Waals surface area contributed by atoms with Gasteiger partial charge in [0, 0.05) is 11.8 Å². The number of carboxylic acids is 1. The zero-order chi connectivity index (χ0) is 16.8. The van der Waals surface area contributed by atoms with Crippen LogP contribution < -0.4 is 0 Å². The van der Waals surface area contributed by atoms with Crippen LogP contribution in [-0.4, -0.2) is 11.1 Å². The average Bonchev–Trinajstić information content (AvgIpc) is 2.52. The first-order valence-corrected chi connectivity index (χ1v) is 8.41. The van der Waals surface area contributed by atoms with E-state index < -0.39 is 5.97 Å². The Morgan fingerprint density at radius 2 is 1.48 bits per heavy atom. The number of carboxylic acid groups (broad SMARTS) is 1. The van der Waals surface area contributed by atoms with Gasteiger partial charge in [-0.15, -0.1) is 0 Å². The molecule has 1 N–H and O–H groups in total. The van der Waals surface area contributed by atoms with Crippen molar-refractivity contribution in [3.63, 3.8) is 0 Å². The van der Waals surface area contributed by atoms with Crippen molar-refractivity contribution in [1.82, 2.24) is 0 Å². The van der Waals surface area contributed by atoms with Crippen molar-refractivity contribution in [2.75, 3.05) is 0 Å². The fourth-order valence-electron chi connectivity index (χ4n) is 2.31. The molecule has 0 radical (unpaired) electrons. The Morgan fingerprint density at radius 1 is 0.957 bits per heavy atom. The molecule has 0 saturated carbocycles. The molecule has 0 aromatic carbocycles. The van der Waals surface area contributed by atoms with Crippen LogP contribution in [0.15, 0.2) is 72.9 Å². The van der Waals surface area contributed by atoms with E-state index in [0.717, 1.165) is 25.7 Å². The first-order chi connectivity index (χ1) is 11.2. The number of hydrogen-bond donors (Lipinski definition) is 1. The summed E-state index contributed by atoms with van der Waals surface area (Å²) in [4.78, 5) is 10.7. The van der Waals surface area contributed by atoms with Gasteiger partial charge in [-0.1, -0.05) is 79.8 Å². The van der Waals surface area contributed by atoms with Crippen LogP contribution in [-0.2, 0) is 4.79 Å². The predicted octanol–water partition coefficient (Wildman–Crippen LogP) is 5.77. The molecule has 23 heavy (non-hydrogen) atoms. The van der Waals surface area contributed by atoms with E-state index in [2.05, 4.69) is 73.8 Å². The molecule has 0 aromatic rings. The summed E-state index contributed by atoms with van der Waals surface area (Å²) < 4.78 is 0. The average molecular weight is 312 g/mol. The van der Waals surface area contributed by atoms with E-state index in [0.29, 0.717) is 6.42 Å². The standard InChI is InChI=1S/C21H28O2/c1-2-3-16-21(19-14-11-15-20(22)23)17-12-9-7-5-4-6-8-10-13-18-21/h3,5-8,12-14,16-19H,2,4,9-11,15H2,1H3,(H,22,23)/b7-5-,8-6-,16-3-,17-12-,18-13?,19-14-. The van der Waals surface area contributed by atoms with E-state index in [1.807, 2.05) is 6.08 Å². The van der Waals surface area contributed by atoms with Crippen LogP contribution in [0.1, 0.15) is 45.4 Å². The molecule has 1 rings (SSSR count). The number of carbonyl (C=O) groups is 1. The summed E-state index contributed by atoms with van der Waals surface area (Å²) in [6, 6.07) is 0. The Morgan fingerprint density at radius 3 is 2.00 bits per heavy atom. The third-order valence-corrected chi connectivity index (χ3v) is 3.54. The molecule has 0 bridgehead atoms. The van der Waals surface area contributed by atoms with E-state index in [9.17, 15) is 4.79 Å². The maximum Gasteiger partial charge on any atom is 0.303 e. The lowest BCUT2D eigenvalue weighted by atomic mass is 9.84. The zero-order valence-corrected chi connectivity index (χ0v) is 14.0. The van der Waals surface area contributed by atoms with Gasteiger partial charge in [-0.05, 0) is 32.1 Å². The Kier molecular flexibility index (Phi) is 9.46. The van der Waals surface area contributed by atoms with Gasteiger partial charge in [-0.25, -0.2) is 0 Å². The van der Waals surface area contributed by atoms with Gasteiger partial charge in [0.25, 0.3) is 0 Å². The second-order valence-corrected chi connectivity index (χ2v) is 5.60. The van der Waals surface area contributed by atoms with Crippen molar-refractivity contribution in [3.05, 3.63) is 72.9 Å². The molecule has 0 saturated heterocycles. The summed E-state index contributed by atoms with van der Waals surface area (Å²) in [7, 11) is 0. The summed E-state index contributed by atoms with van der Waals surface area (Å²) in [5.41, 5.74) is -0.268. The molecule has 2 heteroatoms. The minimum Gasteiger partial charge on any atom is -0.481 e. The molecule has 1 unspecified atom stereocenters. The molecule has 2 nitrogen and oxygen atoms in total. The monoisotopic (exact) mass is 312 g/mol. The van der Waals surface area contributed by atoms with Gasteiger partial charge >= 0.3 is 5.97 Å². The molecule has 1 aliphatic carbocycles. The highest BCUT2D eigenvalue weighted by Crippen LogP contribution is 2.27. The highest BCUT2D eigenvalue weighted by atomic mass is 16.4. The van der Waals surface area contributed by atoms with Gasteiger partial charge in [-0.3, -0.25) is 4.79 Å². The largest absolute Gasteiger partial charge is 0.481 e. The lowest BCUT2D eigenvalue weighted by Gasteiger charge is -2.19. The fourth-order valence-corrected chi connectivity index (χ4v) is 2.31. The Balaban J connectivity index is 2.99. The molecule has 1 atom stereocenters. The third kappa shape index (κ3) is 8.82. The topological polar surface area (TPSA) is 37.3 Å². The van der Waals surface area contributed by atoms with Crippen LogP contribution >= 0.6 is 0 Å². The van der Waals surface area contributed by atoms with E-state index in [4.69, 9.17) is 5.11 Å². The summed E-state index contributed by atoms with van der Waals surface area (Å²) >= 11 is 0. The normalized spacial score (nSPS) is 26.7. The molecule has 0 amide bonds. The molecule has 0 aromatic heterocycles. The number of rotatable bonds is 6. The van der Waals surface area contributed by atoms with Crippen LogP contribution in [0.5, 0.6) is 0 Å². The van der Waals surface area contributed by atoms with Crippen molar-refractivity contribution in [2.24, 2.45) is 5.41 Å². The molecule has 1 aliphatic rings. The summed E-state index contributed by atoms with van der Waals surface area (Å²) in [5.74, 6) is -0.757. The van der Waals surface area contributed by atoms with Gasteiger partial charge in [0.15, 0.2) is 0 Å². The van der Waals surface area contributed by atoms with E-state index in [-0.39, 0.29) is 11.8 Å². The minimum atomic E-state index is -0.757. The Hall–Kier alpha value is -2.09. The Labute approximate surface area is 140 Å². The molecule has 124 valence electrons. The second kappa shape index (κ2) is 11.5. The van der Waals surface area contributed by atoms with Crippen LogP contribution in [0.2, 0.25) is 0 Å². The third-order valence-electron chi connectivity index (χ3n) is 3.54. The van der Waals surface area contributed by atoms with Crippen molar-refractivity contribution in [3.8, 4) is 0 Å². The van der Waals surface area contributed by atoms with Gasteiger partial charge in [0.1, 0.15) is 0 Å². The number of allylic oxidation sites excluding steroid dienone is 12. The highest BCUT2D eigenvalue weighted by molar-refractivity contribution is 5.66. The van der Waals surface area contributed by atoms with Crippen molar-refractivity contribution >= 4 is 5.97 Å². The van der Waals surface area contributed by atoms with Crippen LogP contribution in [0, 0.1) is 5.41 Å². The first kappa shape index (κ1) is 19.0. The zero-order valence-electron chi connectivity index (χ0n) is 14.0. The number of aliphatic carboxylic acids is 1. The first-order valence-electron chi connectivity index (χ1n) is 8.41. The summed E-state index contributed by atoms with van der Waals surface area (Å²) in [6.07, 6.45) is 30.4. The van der Waals surface area contributed by atoms with Crippen molar-refractivity contribution < 1.29 is 9.90 Å². The maximum atomic E-state index is 10.7. The van der Waals surface area contributed by atoms with E-state index in [1.165, 1.54) is 0 Å².